The minimum atomic E-state index is 0.575. The van der Waals surface area contributed by atoms with E-state index in [0.29, 0.717) is 6.42 Å². The Balaban J connectivity index is 1.47. The van der Waals surface area contributed by atoms with Crippen LogP contribution in [0.3, 0.4) is 0 Å². The van der Waals surface area contributed by atoms with E-state index in [1.807, 2.05) is 35.1 Å². The van der Waals surface area contributed by atoms with Crippen LogP contribution < -0.4 is 9.64 Å². The highest BCUT2D eigenvalue weighted by atomic mass is 16.5. The van der Waals surface area contributed by atoms with Gasteiger partial charge < -0.3 is 14.0 Å². The van der Waals surface area contributed by atoms with E-state index >= 15 is 0 Å². The van der Waals surface area contributed by atoms with Gasteiger partial charge in [-0.05, 0) is 36.6 Å². The predicted octanol–water partition coefficient (Wildman–Crippen LogP) is 3.31. The summed E-state index contributed by atoms with van der Waals surface area (Å²) in [5.74, 6) is 2.60. The molecule has 5 heterocycles. The fourth-order valence-corrected chi connectivity index (χ4v) is 3.93. The average molecular weight is 400 g/mol. The molecule has 0 spiro atoms. The molecule has 5 rings (SSSR count). The van der Waals surface area contributed by atoms with Gasteiger partial charge in [0.25, 0.3) is 0 Å². The SMILES string of the molecule is COc1ccnc(Cc2nc(Cc3ccn4ccnc4c3)cc(N3CCCC3)n2)c1. The number of hydrogen-bond acceptors (Lipinski definition) is 6. The highest BCUT2D eigenvalue weighted by Gasteiger charge is 2.17. The Bertz CT molecular complexity index is 1170. The molecular formula is C23H24N6O. The Hall–Kier alpha value is -3.48. The average Bonchev–Trinajstić information content (AvgIpc) is 3.45. The van der Waals surface area contributed by atoms with Crippen molar-refractivity contribution in [2.24, 2.45) is 0 Å². The van der Waals surface area contributed by atoms with Crippen molar-refractivity contribution in [1.82, 2.24) is 24.3 Å². The van der Waals surface area contributed by atoms with Crippen molar-refractivity contribution in [1.29, 1.82) is 0 Å². The number of fused-ring (bicyclic) bond motifs is 1. The van der Waals surface area contributed by atoms with Crippen LogP contribution in [0.25, 0.3) is 5.65 Å². The lowest BCUT2D eigenvalue weighted by Crippen LogP contribution is -2.20. The number of aromatic nitrogens is 5. The second-order valence-electron chi connectivity index (χ2n) is 7.60. The zero-order chi connectivity index (χ0) is 20.3. The van der Waals surface area contributed by atoms with Gasteiger partial charge in [-0.1, -0.05) is 0 Å². The molecule has 1 saturated heterocycles. The topological polar surface area (TPSA) is 68.4 Å². The van der Waals surface area contributed by atoms with Crippen LogP contribution in [0.1, 0.15) is 35.6 Å². The van der Waals surface area contributed by atoms with Crippen LogP contribution in [0.2, 0.25) is 0 Å². The Kier molecular flexibility index (Phi) is 5.01. The fraction of sp³-hybridized carbons (Fsp3) is 0.304. The van der Waals surface area contributed by atoms with E-state index in [9.17, 15) is 0 Å². The Labute approximate surface area is 175 Å². The van der Waals surface area contributed by atoms with Gasteiger partial charge in [-0.15, -0.1) is 0 Å². The number of nitrogens with zero attached hydrogens (tertiary/aromatic N) is 6. The van der Waals surface area contributed by atoms with Crippen molar-refractivity contribution in [2.75, 3.05) is 25.1 Å². The summed E-state index contributed by atoms with van der Waals surface area (Å²) < 4.78 is 7.34. The molecule has 4 aromatic rings. The van der Waals surface area contributed by atoms with Crippen LogP contribution in [-0.2, 0) is 12.8 Å². The molecule has 0 amide bonds. The van der Waals surface area contributed by atoms with Crippen molar-refractivity contribution < 1.29 is 4.74 Å². The van der Waals surface area contributed by atoms with Crippen LogP contribution in [0, 0.1) is 0 Å². The van der Waals surface area contributed by atoms with Crippen LogP contribution in [-0.4, -0.2) is 44.5 Å². The Morgan fingerprint density at radius 2 is 1.80 bits per heavy atom. The molecule has 7 nitrogen and oxygen atoms in total. The normalized spacial score (nSPS) is 13.8. The van der Waals surface area contributed by atoms with E-state index in [0.717, 1.165) is 53.9 Å². The molecule has 4 aromatic heterocycles. The first-order valence-electron chi connectivity index (χ1n) is 10.3. The van der Waals surface area contributed by atoms with E-state index in [-0.39, 0.29) is 0 Å². The molecule has 0 aromatic carbocycles. The maximum Gasteiger partial charge on any atom is 0.136 e. The van der Waals surface area contributed by atoms with Crippen LogP contribution in [0.5, 0.6) is 5.75 Å². The summed E-state index contributed by atoms with van der Waals surface area (Å²) in [6.07, 6.45) is 11.3. The predicted molar refractivity (Wildman–Crippen MR) is 115 cm³/mol. The standard InChI is InChI=1S/C23H24N6O/c1-30-20-4-6-24-18(14-20)15-21-26-19(16-23(27-21)28-8-2-3-9-28)12-17-5-10-29-11-7-25-22(29)13-17/h4-7,10-11,13-14,16H,2-3,8-9,12,15H2,1H3. The molecular weight excluding hydrogens is 376 g/mol. The van der Waals surface area contributed by atoms with Crippen molar-refractivity contribution in [3.05, 3.63) is 77.9 Å². The third-order valence-corrected chi connectivity index (χ3v) is 5.45. The van der Waals surface area contributed by atoms with E-state index in [2.05, 4.69) is 33.1 Å². The molecule has 0 radical (unpaired) electrons. The summed E-state index contributed by atoms with van der Waals surface area (Å²) in [5.41, 5.74) is 4.05. The Morgan fingerprint density at radius 1 is 0.900 bits per heavy atom. The van der Waals surface area contributed by atoms with E-state index in [1.54, 1.807) is 13.3 Å². The molecule has 0 unspecified atom stereocenters. The highest BCUT2D eigenvalue weighted by Crippen LogP contribution is 2.22. The van der Waals surface area contributed by atoms with Gasteiger partial charge in [0.05, 0.1) is 24.9 Å². The first-order valence-corrected chi connectivity index (χ1v) is 10.3. The molecule has 1 fully saturated rings. The van der Waals surface area contributed by atoms with Crippen molar-refractivity contribution in [3.63, 3.8) is 0 Å². The zero-order valence-corrected chi connectivity index (χ0v) is 17.0. The smallest absolute Gasteiger partial charge is 0.136 e. The second-order valence-corrected chi connectivity index (χ2v) is 7.60. The van der Waals surface area contributed by atoms with Gasteiger partial charge >= 0.3 is 0 Å². The molecule has 1 aliphatic heterocycles. The van der Waals surface area contributed by atoms with Crippen molar-refractivity contribution in [3.8, 4) is 5.75 Å². The number of imidazole rings is 1. The van der Waals surface area contributed by atoms with E-state index < -0.39 is 0 Å². The van der Waals surface area contributed by atoms with E-state index in [1.165, 1.54) is 18.4 Å². The maximum absolute atomic E-state index is 5.33. The number of methoxy groups -OCH3 is 1. The monoisotopic (exact) mass is 400 g/mol. The minimum absolute atomic E-state index is 0.575. The third kappa shape index (κ3) is 3.96. The number of rotatable bonds is 6. The number of hydrogen-bond donors (Lipinski definition) is 0. The summed E-state index contributed by atoms with van der Waals surface area (Å²) >= 11 is 0. The van der Waals surface area contributed by atoms with Gasteiger partial charge in [0, 0.05) is 56.4 Å². The molecule has 30 heavy (non-hydrogen) atoms. The fourth-order valence-electron chi connectivity index (χ4n) is 3.93. The van der Waals surface area contributed by atoms with Crippen LogP contribution >= 0.6 is 0 Å². The lowest BCUT2D eigenvalue weighted by molar-refractivity contribution is 0.413. The lowest BCUT2D eigenvalue weighted by atomic mass is 10.1. The minimum Gasteiger partial charge on any atom is -0.497 e. The largest absolute Gasteiger partial charge is 0.497 e. The van der Waals surface area contributed by atoms with Gasteiger partial charge in [0.1, 0.15) is 23.0 Å². The van der Waals surface area contributed by atoms with Crippen molar-refractivity contribution >= 4 is 11.5 Å². The number of ether oxygens (including phenoxy) is 1. The molecule has 0 saturated carbocycles. The summed E-state index contributed by atoms with van der Waals surface area (Å²) in [4.78, 5) is 21.0. The molecule has 7 heteroatoms. The van der Waals surface area contributed by atoms with Crippen LogP contribution in [0.4, 0.5) is 5.82 Å². The summed E-state index contributed by atoms with van der Waals surface area (Å²) in [6.45, 7) is 2.10. The van der Waals surface area contributed by atoms with Crippen molar-refractivity contribution in [2.45, 2.75) is 25.7 Å². The first-order chi connectivity index (χ1) is 14.8. The molecule has 1 aliphatic rings. The number of anilines is 1. The second kappa shape index (κ2) is 8.10. The molecule has 0 aliphatic carbocycles. The molecule has 0 bridgehead atoms. The lowest BCUT2D eigenvalue weighted by Gasteiger charge is -2.18. The quantitative estimate of drug-likeness (QED) is 0.495. The van der Waals surface area contributed by atoms with Gasteiger partial charge in [-0.25, -0.2) is 15.0 Å². The summed E-state index contributed by atoms with van der Waals surface area (Å²) in [6, 6.07) is 10.2. The zero-order valence-electron chi connectivity index (χ0n) is 17.0. The van der Waals surface area contributed by atoms with Crippen LogP contribution in [0.15, 0.2) is 55.1 Å². The van der Waals surface area contributed by atoms with Gasteiger partial charge in [-0.2, -0.15) is 0 Å². The molecule has 152 valence electrons. The first kappa shape index (κ1) is 18.5. The molecule has 0 atom stereocenters. The van der Waals surface area contributed by atoms with E-state index in [4.69, 9.17) is 14.7 Å². The van der Waals surface area contributed by atoms with Gasteiger partial charge in [-0.3, -0.25) is 4.98 Å². The highest BCUT2D eigenvalue weighted by molar-refractivity contribution is 5.45. The summed E-state index contributed by atoms with van der Waals surface area (Å²) in [5, 5.41) is 0. The third-order valence-electron chi connectivity index (χ3n) is 5.45. The van der Waals surface area contributed by atoms with Gasteiger partial charge in [0.15, 0.2) is 0 Å². The number of pyridine rings is 2. The molecule has 0 N–H and O–H groups in total. The Morgan fingerprint density at radius 3 is 2.67 bits per heavy atom. The summed E-state index contributed by atoms with van der Waals surface area (Å²) in [7, 11) is 1.67. The van der Waals surface area contributed by atoms with Gasteiger partial charge in [0.2, 0.25) is 0 Å². The maximum atomic E-state index is 5.33.